The fraction of sp³-hybridized carbons (Fsp3) is 0.136. The summed E-state index contributed by atoms with van der Waals surface area (Å²) in [5, 5.41) is 12.6. The first kappa shape index (κ1) is 21.5. The minimum atomic E-state index is -3.91. The second kappa shape index (κ2) is 8.06. The van der Waals surface area contributed by atoms with Crippen LogP contribution < -0.4 is 21.3 Å². The number of benzene rings is 1. The minimum absolute atomic E-state index is 0.00190. The molecule has 32 heavy (non-hydrogen) atoms. The van der Waals surface area contributed by atoms with E-state index < -0.39 is 10.0 Å². The van der Waals surface area contributed by atoms with Gasteiger partial charge in [0.05, 0.1) is 10.3 Å². The van der Waals surface area contributed by atoms with Gasteiger partial charge in [0.15, 0.2) is 0 Å². The fourth-order valence-corrected chi connectivity index (χ4v) is 4.18. The number of anilines is 4. The van der Waals surface area contributed by atoms with Crippen molar-refractivity contribution >= 4 is 43.9 Å². The summed E-state index contributed by atoms with van der Waals surface area (Å²) in [5.41, 5.74) is 1.75. The highest BCUT2D eigenvalue weighted by Gasteiger charge is 2.15. The van der Waals surface area contributed by atoms with Gasteiger partial charge in [0, 0.05) is 25.1 Å². The van der Waals surface area contributed by atoms with Gasteiger partial charge in [-0.25, -0.2) is 23.5 Å². The Bertz CT molecular complexity index is 1510. The number of aryl methyl sites for hydroxylation is 3. The number of nitrogens with two attached hydrogens (primary N) is 1. The van der Waals surface area contributed by atoms with E-state index in [9.17, 15) is 13.2 Å². The molecule has 0 radical (unpaired) electrons. The lowest BCUT2D eigenvalue weighted by Gasteiger charge is -2.14. The number of nitrogens with zero attached hydrogens (tertiary/aromatic N) is 3. The molecule has 4 N–H and O–H groups in total. The van der Waals surface area contributed by atoms with Crippen LogP contribution in [0.15, 0.2) is 64.5 Å². The first-order chi connectivity index (χ1) is 15.1. The lowest BCUT2D eigenvalue weighted by molar-refractivity contribution is 0.597. The van der Waals surface area contributed by atoms with Gasteiger partial charge in [-0.05, 0) is 66.8 Å². The molecule has 0 unspecified atom stereocenters. The summed E-state index contributed by atoms with van der Waals surface area (Å²) >= 11 is 0. The number of hydrogen-bond acceptors (Lipinski definition) is 7. The standard InChI is InChI=1S/C22H22N6O3S/c1-13-6-8-24-18(10-13)26-19-11-15-7-9-28(3)22(29)20(15)21(27-19)25-16-5-4-14(2)17(12-16)32(23,30)31/h4-12H,1-3H3,(H2,23,30,31)(H2,24,25,26,27). The van der Waals surface area contributed by atoms with Crippen LogP contribution in [-0.2, 0) is 17.1 Å². The molecule has 4 aromatic rings. The highest BCUT2D eigenvalue weighted by Crippen LogP contribution is 2.28. The maximum Gasteiger partial charge on any atom is 0.261 e. The molecule has 4 rings (SSSR count). The molecule has 1 aromatic carbocycles. The Morgan fingerprint density at radius 2 is 1.78 bits per heavy atom. The summed E-state index contributed by atoms with van der Waals surface area (Å²) in [6.45, 7) is 3.62. The molecule has 0 bridgehead atoms. The second-order valence-corrected chi connectivity index (χ2v) is 9.08. The summed E-state index contributed by atoms with van der Waals surface area (Å²) in [6.07, 6.45) is 3.36. The summed E-state index contributed by atoms with van der Waals surface area (Å²) < 4.78 is 25.3. The second-order valence-electron chi connectivity index (χ2n) is 7.55. The van der Waals surface area contributed by atoms with Crippen molar-refractivity contribution in [1.29, 1.82) is 0 Å². The molecule has 3 heterocycles. The van der Waals surface area contributed by atoms with Crippen molar-refractivity contribution < 1.29 is 8.42 Å². The van der Waals surface area contributed by atoms with E-state index >= 15 is 0 Å². The summed E-state index contributed by atoms with van der Waals surface area (Å²) in [7, 11) is -2.25. The minimum Gasteiger partial charge on any atom is -0.339 e. The van der Waals surface area contributed by atoms with Crippen LogP contribution in [0.4, 0.5) is 23.1 Å². The smallest absolute Gasteiger partial charge is 0.261 e. The molecule has 0 aliphatic carbocycles. The molecule has 0 saturated carbocycles. The van der Waals surface area contributed by atoms with Gasteiger partial charge in [0.2, 0.25) is 10.0 Å². The van der Waals surface area contributed by atoms with Gasteiger partial charge in [0.25, 0.3) is 5.56 Å². The van der Waals surface area contributed by atoms with Crippen molar-refractivity contribution in [2.24, 2.45) is 12.2 Å². The largest absolute Gasteiger partial charge is 0.339 e. The highest BCUT2D eigenvalue weighted by molar-refractivity contribution is 7.89. The molecular formula is C22H22N6O3S. The molecule has 3 aromatic heterocycles. The number of sulfonamides is 1. The molecule has 10 heteroatoms. The number of aromatic nitrogens is 3. The van der Waals surface area contributed by atoms with Crippen LogP contribution in [0.3, 0.4) is 0 Å². The van der Waals surface area contributed by atoms with Crippen molar-refractivity contribution in [3.63, 3.8) is 0 Å². The number of primary sulfonamides is 1. The van der Waals surface area contributed by atoms with E-state index in [0.29, 0.717) is 33.7 Å². The van der Waals surface area contributed by atoms with Crippen LogP contribution in [0.25, 0.3) is 10.8 Å². The highest BCUT2D eigenvalue weighted by atomic mass is 32.2. The average Bonchev–Trinajstić information content (AvgIpc) is 2.71. The van der Waals surface area contributed by atoms with Crippen molar-refractivity contribution in [1.82, 2.24) is 14.5 Å². The molecular weight excluding hydrogens is 428 g/mol. The van der Waals surface area contributed by atoms with Crippen LogP contribution in [0.1, 0.15) is 11.1 Å². The number of pyridine rings is 3. The first-order valence-corrected chi connectivity index (χ1v) is 11.3. The van der Waals surface area contributed by atoms with Crippen LogP contribution >= 0.6 is 0 Å². The lowest BCUT2D eigenvalue weighted by Crippen LogP contribution is -2.18. The molecule has 0 spiro atoms. The molecule has 0 amide bonds. The van der Waals surface area contributed by atoms with E-state index in [2.05, 4.69) is 20.6 Å². The van der Waals surface area contributed by atoms with Crippen molar-refractivity contribution in [3.05, 3.63) is 76.3 Å². The molecule has 0 aliphatic heterocycles. The normalized spacial score (nSPS) is 11.5. The Balaban J connectivity index is 1.85. The Morgan fingerprint density at radius 1 is 1.00 bits per heavy atom. The Hall–Kier alpha value is -3.76. The molecule has 164 valence electrons. The van der Waals surface area contributed by atoms with Gasteiger partial charge >= 0.3 is 0 Å². The molecule has 0 aliphatic rings. The topological polar surface area (TPSA) is 132 Å². The first-order valence-electron chi connectivity index (χ1n) is 9.72. The number of rotatable bonds is 5. The van der Waals surface area contributed by atoms with E-state index in [0.717, 1.165) is 5.56 Å². The maximum absolute atomic E-state index is 12.9. The van der Waals surface area contributed by atoms with Crippen LogP contribution in [-0.4, -0.2) is 23.0 Å². The maximum atomic E-state index is 12.9. The van der Waals surface area contributed by atoms with Gasteiger partial charge < -0.3 is 15.2 Å². The molecule has 0 saturated heterocycles. The quantitative estimate of drug-likeness (QED) is 0.426. The third kappa shape index (κ3) is 4.32. The third-order valence-electron chi connectivity index (χ3n) is 4.99. The van der Waals surface area contributed by atoms with E-state index in [1.165, 1.54) is 10.6 Å². The van der Waals surface area contributed by atoms with Gasteiger partial charge in [-0.2, -0.15) is 0 Å². The van der Waals surface area contributed by atoms with E-state index in [1.54, 1.807) is 44.6 Å². The third-order valence-corrected chi connectivity index (χ3v) is 6.04. The van der Waals surface area contributed by atoms with Gasteiger partial charge in [-0.3, -0.25) is 4.79 Å². The van der Waals surface area contributed by atoms with Crippen LogP contribution in [0, 0.1) is 13.8 Å². The van der Waals surface area contributed by atoms with Crippen LogP contribution in [0.5, 0.6) is 0 Å². The van der Waals surface area contributed by atoms with Gasteiger partial charge in [-0.1, -0.05) is 6.07 Å². The van der Waals surface area contributed by atoms with Crippen molar-refractivity contribution in [2.75, 3.05) is 10.6 Å². The zero-order valence-electron chi connectivity index (χ0n) is 17.7. The zero-order chi connectivity index (χ0) is 23.0. The molecule has 0 atom stereocenters. The molecule has 9 nitrogen and oxygen atoms in total. The van der Waals surface area contributed by atoms with E-state index in [4.69, 9.17) is 5.14 Å². The van der Waals surface area contributed by atoms with E-state index in [1.807, 2.05) is 25.1 Å². The van der Waals surface area contributed by atoms with Crippen LogP contribution in [0.2, 0.25) is 0 Å². The Labute approximate surface area is 185 Å². The predicted molar refractivity (Wildman–Crippen MR) is 125 cm³/mol. The predicted octanol–water partition coefficient (Wildman–Crippen LogP) is 3.08. The van der Waals surface area contributed by atoms with Crippen molar-refractivity contribution in [3.8, 4) is 0 Å². The number of nitrogens with one attached hydrogen (secondary N) is 2. The summed E-state index contributed by atoms with van der Waals surface area (Å²) in [6, 6.07) is 12.1. The van der Waals surface area contributed by atoms with Gasteiger partial charge in [0.1, 0.15) is 17.5 Å². The Kier molecular flexibility index (Phi) is 5.41. The van der Waals surface area contributed by atoms with Gasteiger partial charge in [-0.15, -0.1) is 0 Å². The zero-order valence-corrected chi connectivity index (χ0v) is 18.6. The fourth-order valence-electron chi connectivity index (χ4n) is 3.37. The summed E-state index contributed by atoms with van der Waals surface area (Å²) in [5.74, 6) is 1.37. The Morgan fingerprint density at radius 3 is 2.50 bits per heavy atom. The summed E-state index contributed by atoms with van der Waals surface area (Å²) in [4.78, 5) is 21.7. The lowest BCUT2D eigenvalue weighted by atomic mass is 10.2. The van der Waals surface area contributed by atoms with Crippen molar-refractivity contribution in [2.45, 2.75) is 18.7 Å². The van der Waals surface area contributed by atoms with E-state index in [-0.39, 0.29) is 16.3 Å². The number of hydrogen-bond donors (Lipinski definition) is 3. The average molecular weight is 451 g/mol. The monoisotopic (exact) mass is 450 g/mol. The SMILES string of the molecule is Cc1ccnc(Nc2cc3ccn(C)c(=O)c3c(Nc3ccc(C)c(S(N)(=O)=O)c3)n2)c1. The molecule has 0 fully saturated rings. The number of fused-ring (bicyclic) bond motifs is 1.